The van der Waals surface area contributed by atoms with Gasteiger partial charge in [0.25, 0.3) is 5.91 Å². The van der Waals surface area contributed by atoms with E-state index in [0.29, 0.717) is 30.3 Å². The van der Waals surface area contributed by atoms with Crippen LogP contribution in [0.15, 0.2) is 10.7 Å². The van der Waals surface area contributed by atoms with Gasteiger partial charge in [-0.25, -0.2) is 9.48 Å². The molecule has 1 saturated heterocycles. The van der Waals surface area contributed by atoms with Crippen molar-refractivity contribution in [2.45, 2.75) is 65.1 Å². The van der Waals surface area contributed by atoms with Gasteiger partial charge in [-0.3, -0.25) is 9.69 Å². The number of aryl methyl sites for hydroxylation is 1. The minimum absolute atomic E-state index is 0.00449. The summed E-state index contributed by atoms with van der Waals surface area (Å²) in [7, 11) is 0. The van der Waals surface area contributed by atoms with E-state index in [4.69, 9.17) is 4.52 Å². The van der Waals surface area contributed by atoms with Crippen LogP contribution in [0, 0.1) is 0 Å². The second-order valence-electron chi connectivity index (χ2n) is 6.62. The first-order valence-electron chi connectivity index (χ1n) is 8.82. The zero-order chi connectivity index (χ0) is 18.7. The van der Waals surface area contributed by atoms with Crippen molar-refractivity contribution in [2.75, 3.05) is 0 Å². The highest BCUT2D eigenvalue weighted by molar-refractivity contribution is 6.04. The van der Waals surface area contributed by atoms with Crippen molar-refractivity contribution >= 4 is 11.9 Å². The van der Waals surface area contributed by atoms with Crippen LogP contribution < -0.4 is 5.32 Å². The predicted molar refractivity (Wildman–Crippen MR) is 89.9 cm³/mol. The summed E-state index contributed by atoms with van der Waals surface area (Å²) < 4.78 is 6.86. The van der Waals surface area contributed by atoms with Crippen molar-refractivity contribution in [1.29, 1.82) is 0 Å². The number of hydrogen-bond donors (Lipinski definition) is 1. The Bertz CT molecular complexity index is 782. The molecule has 1 N–H and O–H groups in total. The van der Waals surface area contributed by atoms with E-state index < -0.39 is 12.1 Å². The van der Waals surface area contributed by atoms with Gasteiger partial charge < -0.3 is 9.84 Å². The Morgan fingerprint density at radius 2 is 2.15 bits per heavy atom. The summed E-state index contributed by atoms with van der Waals surface area (Å²) in [6, 6.07) is -0.941. The summed E-state index contributed by atoms with van der Waals surface area (Å²) in [4.78, 5) is 30.0. The van der Waals surface area contributed by atoms with Gasteiger partial charge in [0.1, 0.15) is 6.04 Å². The average Bonchev–Trinajstić information content (AvgIpc) is 3.30. The molecule has 0 spiro atoms. The summed E-state index contributed by atoms with van der Waals surface area (Å²) in [5.41, 5.74) is 0.653. The first-order valence-corrected chi connectivity index (χ1v) is 8.82. The lowest BCUT2D eigenvalue weighted by atomic mass is 10.1. The smallest absolute Gasteiger partial charge is 0.325 e. The maximum absolute atomic E-state index is 12.5. The lowest BCUT2D eigenvalue weighted by molar-refractivity contribution is -0.127. The van der Waals surface area contributed by atoms with E-state index in [0.717, 1.165) is 17.7 Å². The Balaban J connectivity index is 1.62. The zero-order valence-corrected chi connectivity index (χ0v) is 15.2. The van der Waals surface area contributed by atoms with E-state index in [1.165, 1.54) is 0 Å². The molecule has 3 heterocycles. The zero-order valence-electron chi connectivity index (χ0n) is 15.2. The van der Waals surface area contributed by atoms with Crippen LogP contribution in [0.3, 0.4) is 0 Å². The number of carbonyl (C=O) groups is 2. The SMILES string of the molecule is CCCCc1nc(CN2C(=O)NC(Cc3cn(C(C)C)nn3)C2=O)no1. The summed E-state index contributed by atoms with van der Waals surface area (Å²) >= 11 is 0. The number of amides is 3. The maximum atomic E-state index is 12.5. The third-order valence-electron chi connectivity index (χ3n) is 4.16. The van der Waals surface area contributed by atoms with Crippen LogP contribution in [-0.4, -0.2) is 48.0 Å². The summed E-state index contributed by atoms with van der Waals surface area (Å²) in [5.74, 6) is 0.524. The third kappa shape index (κ3) is 3.89. The van der Waals surface area contributed by atoms with Gasteiger partial charge in [0.2, 0.25) is 5.89 Å². The Labute approximate surface area is 150 Å². The molecule has 3 amide bonds. The van der Waals surface area contributed by atoms with Crippen molar-refractivity contribution in [3.63, 3.8) is 0 Å². The number of unbranched alkanes of at least 4 members (excludes halogenated alkanes) is 1. The van der Waals surface area contributed by atoms with Crippen molar-refractivity contribution in [2.24, 2.45) is 0 Å². The Morgan fingerprint density at radius 3 is 2.85 bits per heavy atom. The molecule has 2 aromatic heterocycles. The van der Waals surface area contributed by atoms with E-state index in [2.05, 4.69) is 32.7 Å². The fraction of sp³-hybridized carbons (Fsp3) is 0.625. The van der Waals surface area contributed by atoms with E-state index in [-0.39, 0.29) is 18.5 Å². The number of carbonyl (C=O) groups excluding carboxylic acids is 2. The lowest BCUT2D eigenvalue weighted by Crippen LogP contribution is -2.32. The van der Waals surface area contributed by atoms with Gasteiger partial charge >= 0.3 is 6.03 Å². The van der Waals surface area contributed by atoms with Crippen molar-refractivity contribution < 1.29 is 14.1 Å². The van der Waals surface area contributed by atoms with E-state index in [1.54, 1.807) is 10.9 Å². The molecular weight excluding hydrogens is 338 g/mol. The number of hydrogen-bond acceptors (Lipinski definition) is 7. The number of nitrogens with one attached hydrogen (secondary N) is 1. The summed E-state index contributed by atoms with van der Waals surface area (Å²) in [5, 5.41) is 14.6. The molecule has 1 fully saturated rings. The first-order chi connectivity index (χ1) is 12.5. The monoisotopic (exact) mass is 361 g/mol. The minimum Gasteiger partial charge on any atom is -0.339 e. The van der Waals surface area contributed by atoms with Gasteiger partial charge in [0, 0.05) is 25.1 Å². The summed E-state index contributed by atoms with van der Waals surface area (Å²) in [6.07, 6.45) is 4.74. The third-order valence-corrected chi connectivity index (χ3v) is 4.16. The quantitative estimate of drug-likeness (QED) is 0.703. The van der Waals surface area contributed by atoms with Crippen molar-refractivity contribution in [3.05, 3.63) is 23.6 Å². The number of aromatic nitrogens is 5. The largest absolute Gasteiger partial charge is 0.339 e. The molecule has 0 radical (unpaired) electrons. The molecule has 0 saturated carbocycles. The molecule has 1 atom stereocenters. The molecule has 0 bridgehead atoms. The maximum Gasteiger partial charge on any atom is 0.325 e. The van der Waals surface area contributed by atoms with Crippen LogP contribution >= 0.6 is 0 Å². The molecule has 140 valence electrons. The van der Waals surface area contributed by atoms with Crippen LogP contribution in [0.5, 0.6) is 0 Å². The van der Waals surface area contributed by atoms with Crippen LogP contribution in [0.4, 0.5) is 4.79 Å². The van der Waals surface area contributed by atoms with E-state index >= 15 is 0 Å². The predicted octanol–water partition coefficient (Wildman–Crippen LogP) is 1.25. The molecule has 0 aromatic carbocycles. The Morgan fingerprint density at radius 1 is 1.35 bits per heavy atom. The summed E-state index contributed by atoms with van der Waals surface area (Å²) in [6.45, 7) is 6.05. The molecule has 2 aromatic rings. The molecule has 3 rings (SSSR count). The van der Waals surface area contributed by atoms with Gasteiger partial charge in [0.15, 0.2) is 5.82 Å². The van der Waals surface area contributed by atoms with E-state index in [9.17, 15) is 9.59 Å². The molecule has 10 heteroatoms. The number of rotatable bonds is 8. The fourth-order valence-corrected chi connectivity index (χ4v) is 2.66. The molecule has 0 aliphatic carbocycles. The Hall–Kier alpha value is -2.78. The average molecular weight is 361 g/mol. The van der Waals surface area contributed by atoms with Crippen LogP contribution in [0.2, 0.25) is 0 Å². The van der Waals surface area contributed by atoms with Crippen molar-refractivity contribution in [3.8, 4) is 0 Å². The van der Waals surface area contributed by atoms with Crippen LogP contribution in [0.1, 0.15) is 57.1 Å². The lowest BCUT2D eigenvalue weighted by Gasteiger charge is -2.09. The van der Waals surface area contributed by atoms with Gasteiger partial charge in [-0.2, -0.15) is 4.98 Å². The Kier molecular flexibility index (Phi) is 5.29. The van der Waals surface area contributed by atoms with Gasteiger partial charge in [-0.05, 0) is 20.3 Å². The molecular formula is C16H23N7O3. The highest BCUT2D eigenvalue weighted by Crippen LogP contribution is 2.14. The minimum atomic E-state index is -0.661. The van der Waals surface area contributed by atoms with Gasteiger partial charge in [-0.15, -0.1) is 5.10 Å². The van der Waals surface area contributed by atoms with E-state index in [1.807, 2.05) is 13.8 Å². The number of nitrogens with zero attached hydrogens (tertiary/aromatic N) is 6. The molecule has 10 nitrogen and oxygen atoms in total. The first kappa shape index (κ1) is 18.0. The molecule has 26 heavy (non-hydrogen) atoms. The second-order valence-corrected chi connectivity index (χ2v) is 6.62. The molecule has 1 unspecified atom stereocenters. The molecule has 1 aliphatic rings. The number of imide groups is 1. The second kappa shape index (κ2) is 7.63. The van der Waals surface area contributed by atoms with Crippen molar-refractivity contribution in [1.82, 2.24) is 35.4 Å². The topological polar surface area (TPSA) is 119 Å². The number of urea groups is 1. The van der Waals surface area contributed by atoms with Crippen LogP contribution in [-0.2, 0) is 24.2 Å². The fourth-order valence-electron chi connectivity index (χ4n) is 2.66. The standard InChI is InChI=1S/C16H23N7O3/c1-4-5-6-14-18-13(20-26-14)9-22-15(24)12(17-16(22)25)7-11-8-23(10(2)3)21-19-11/h8,10,12H,4-7,9H2,1-3H3,(H,17,25). The van der Waals surface area contributed by atoms with Crippen LogP contribution in [0.25, 0.3) is 0 Å². The molecule has 1 aliphatic heterocycles. The van der Waals surface area contributed by atoms with Gasteiger partial charge in [-0.1, -0.05) is 23.7 Å². The highest BCUT2D eigenvalue weighted by atomic mass is 16.5. The van der Waals surface area contributed by atoms with Gasteiger partial charge in [0.05, 0.1) is 12.2 Å². The highest BCUT2D eigenvalue weighted by Gasteiger charge is 2.39. The normalized spacial score (nSPS) is 17.4.